The molecule has 1 aliphatic rings. The topological polar surface area (TPSA) is 38.9 Å². The predicted molar refractivity (Wildman–Crippen MR) is 82.3 cm³/mol. The summed E-state index contributed by atoms with van der Waals surface area (Å²) in [5.41, 5.74) is 8.01. The molecule has 0 fully saturated rings. The van der Waals surface area contributed by atoms with Crippen molar-refractivity contribution >= 4 is 34.5 Å². The van der Waals surface area contributed by atoms with Gasteiger partial charge in [0.1, 0.15) is 5.01 Å². The van der Waals surface area contributed by atoms with Crippen molar-refractivity contribution in [2.45, 2.75) is 25.2 Å². The number of hydrogen-bond acceptors (Lipinski definition) is 3. The van der Waals surface area contributed by atoms with Gasteiger partial charge in [-0.05, 0) is 37.5 Å². The summed E-state index contributed by atoms with van der Waals surface area (Å²) in [7, 11) is 0. The first-order chi connectivity index (χ1) is 9.17. The number of halogens is 2. The number of hydrogen-bond donors (Lipinski definition) is 1. The van der Waals surface area contributed by atoms with Gasteiger partial charge in [-0.15, -0.1) is 11.3 Å². The van der Waals surface area contributed by atoms with Gasteiger partial charge in [-0.3, -0.25) is 0 Å². The molecule has 3 rings (SSSR count). The summed E-state index contributed by atoms with van der Waals surface area (Å²) in [4.78, 5) is 6.15. The quantitative estimate of drug-likeness (QED) is 0.887. The minimum absolute atomic E-state index is 0.406. The van der Waals surface area contributed by atoms with Gasteiger partial charge in [0.2, 0.25) is 0 Å². The third kappa shape index (κ3) is 2.65. The van der Waals surface area contributed by atoms with Gasteiger partial charge < -0.3 is 5.73 Å². The van der Waals surface area contributed by atoms with Crippen molar-refractivity contribution in [3.8, 4) is 10.6 Å². The van der Waals surface area contributed by atoms with E-state index < -0.39 is 0 Å². The van der Waals surface area contributed by atoms with Crippen LogP contribution in [0.2, 0.25) is 10.0 Å². The minimum Gasteiger partial charge on any atom is -0.330 e. The van der Waals surface area contributed by atoms with E-state index in [1.54, 1.807) is 17.4 Å². The highest BCUT2D eigenvalue weighted by Gasteiger charge is 2.24. The predicted octanol–water partition coefficient (Wildman–Crippen LogP) is 4.50. The van der Waals surface area contributed by atoms with Crippen molar-refractivity contribution < 1.29 is 0 Å². The van der Waals surface area contributed by atoms with E-state index in [0.29, 0.717) is 22.5 Å². The molecule has 1 unspecified atom stereocenters. The molecule has 0 saturated carbocycles. The van der Waals surface area contributed by atoms with Crippen LogP contribution in [0.1, 0.15) is 29.3 Å². The van der Waals surface area contributed by atoms with E-state index in [2.05, 4.69) is 0 Å². The summed E-state index contributed by atoms with van der Waals surface area (Å²) in [5, 5.41) is 2.28. The minimum atomic E-state index is 0.406. The largest absolute Gasteiger partial charge is 0.330 e. The Morgan fingerprint density at radius 1 is 1.26 bits per heavy atom. The zero-order chi connectivity index (χ0) is 13.4. The van der Waals surface area contributed by atoms with Gasteiger partial charge in [0.15, 0.2) is 0 Å². The van der Waals surface area contributed by atoms with Crippen LogP contribution in [-0.4, -0.2) is 11.5 Å². The highest BCUT2D eigenvalue weighted by molar-refractivity contribution is 7.15. The van der Waals surface area contributed by atoms with Crippen LogP contribution in [0.25, 0.3) is 10.6 Å². The van der Waals surface area contributed by atoms with Crippen molar-refractivity contribution in [3.63, 3.8) is 0 Å². The Morgan fingerprint density at radius 2 is 2.00 bits per heavy atom. The molecule has 1 atom stereocenters. The molecule has 2 nitrogen and oxygen atoms in total. The summed E-state index contributed by atoms with van der Waals surface area (Å²) in [5.74, 6) is 0.406. The van der Waals surface area contributed by atoms with Crippen LogP contribution in [0.5, 0.6) is 0 Å². The highest BCUT2D eigenvalue weighted by Crippen LogP contribution is 2.38. The summed E-state index contributed by atoms with van der Waals surface area (Å²) in [6, 6.07) is 5.56. The van der Waals surface area contributed by atoms with E-state index in [-0.39, 0.29) is 0 Å². The van der Waals surface area contributed by atoms with Gasteiger partial charge in [0, 0.05) is 32.9 Å². The zero-order valence-electron chi connectivity index (χ0n) is 10.3. The standard InChI is InChI=1S/C14H14Cl2N2S/c15-10-4-9(5-11(16)6-10)14-18-13-8(7-17)2-1-3-12(13)19-14/h4-6,8H,1-3,7,17H2. The van der Waals surface area contributed by atoms with Crippen LogP contribution in [0.4, 0.5) is 0 Å². The van der Waals surface area contributed by atoms with Crippen LogP contribution in [-0.2, 0) is 6.42 Å². The van der Waals surface area contributed by atoms with Crippen LogP contribution in [0.15, 0.2) is 18.2 Å². The second-order valence-electron chi connectivity index (χ2n) is 4.81. The van der Waals surface area contributed by atoms with E-state index in [4.69, 9.17) is 33.9 Å². The molecule has 19 heavy (non-hydrogen) atoms. The molecule has 0 spiro atoms. The van der Waals surface area contributed by atoms with Gasteiger partial charge in [0.05, 0.1) is 5.69 Å². The lowest BCUT2D eigenvalue weighted by Gasteiger charge is -2.18. The van der Waals surface area contributed by atoms with Crippen molar-refractivity contribution in [3.05, 3.63) is 38.8 Å². The molecule has 1 aliphatic carbocycles. The molecular formula is C14H14Cl2N2S. The number of aromatic nitrogens is 1. The normalized spacial score (nSPS) is 18.4. The molecule has 2 aromatic rings. The fourth-order valence-electron chi connectivity index (χ4n) is 2.54. The van der Waals surface area contributed by atoms with Crippen LogP contribution in [0, 0.1) is 0 Å². The Bertz CT molecular complexity index is 589. The Balaban J connectivity index is 2.04. The van der Waals surface area contributed by atoms with Crippen molar-refractivity contribution in [1.82, 2.24) is 4.98 Å². The molecule has 1 heterocycles. The smallest absolute Gasteiger partial charge is 0.123 e. The number of thiazole rings is 1. The molecule has 5 heteroatoms. The first kappa shape index (κ1) is 13.4. The lowest BCUT2D eigenvalue weighted by atomic mass is 9.91. The number of fused-ring (bicyclic) bond motifs is 1. The third-order valence-corrected chi connectivity index (χ3v) is 5.08. The lowest BCUT2D eigenvalue weighted by molar-refractivity contribution is 0.554. The van der Waals surface area contributed by atoms with Gasteiger partial charge in [-0.1, -0.05) is 23.2 Å². The lowest BCUT2D eigenvalue weighted by Crippen LogP contribution is -2.17. The molecule has 0 saturated heterocycles. The van der Waals surface area contributed by atoms with E-state index in [1.807, 2.05) is 12.1 Å². The van der Waals surface area contributed by atoms with Gasteiger partial charge >= 0.3 is 0 Å². The maximum atomic E-state index is 6.06. The zero-order valence-corrected chi connectivity index (χ0v) is 12.7. The van der Waals surface area contributed by atoms with E-state index in [1.165, 1.54) is 17.0 Å². The number of nitrogens with two attached hydrogens (primary N) is 1. The number of benzene rings is 1. The second kappa shape index (κ2) is 5.41. The first-order valence-corrected chi connectivity index (χ1v) is 7.90. The fraction of sp³-hybridized carbons (Fsp3) is 0.357. The first-order valence-electron chi connectivity index (χ1n) is 6.33. The highest BCUT2D eigenvalue weighted by atomic mass is 35.5. The molecule has 0 bridgehead atoms. The summed E-state index contributed by atoms with van der Waals surface area (Å²) in [6.07, 6.45) is 3.45. The van der Waals surface area contributed by atoms with Crippen LogP contribution in [0.3, 0.4) is 0 Å². The summed E-state index contributed by atoms with van der Waals surface area (Å²) >= 11 is 13.9. The fourth-order valence-corrected chi connectivity index (χ4v) is 4.24. The monoisotopic (exact) mass is 312 g/mol. The SMILES string of the molecule is NCC1CCCc2sc(-c3cc(Cl)cc(Cl)c3)nc21. The average molecular weight is 313 g/mol. The van der Waals surface area contributed by atoms with Crippen molar-refractivity contribution in [2.75, 3.05) is 6.54 Å². The molecule has 0 aliphatic heterocycles. The molecule has 0 amide bonds. The van der Waals surface area contributed by atoms with E-state index in [9.17, 15) is 0 Å². The summed E-state index contributed by atoms with van der Waals surface area (Å²) < 4.78 is 0. The number of aryl methyl sites for hydroxylation is 1. The Morgan fingerprint density at radius 3 is 2.68 bits per heavy atom. The van der Waals surface area contributed by atoms with E-state index in [0.717, 1.165) is 23.4 Å². The van der Waals surface area contributed by atoms with E-state index >= 15 is 0 Å². The molecule has 100 valence electrons. The number of rotatable bonds is 2. The molecule has 1 aromatic carbocycles. The van der Waals surface area contributed by atoms with Gasteiger partial charge in [0.25, 0.3) is 0 Å². The van der Waals surface area contributed by atoms with Crippen molar-refractivity contribution in [1.29, 1.82) is 0 Å². The van der Waals surface area contributed by atoms with Gasteiger partial charge in [-0.2, -0.15) is 0 Å². The third-order valence-electron chi connectivity index (χ3n) is 3.46. The molecular weight excluding hydrogens is 299 g/mol. The van der Waals surface area contributed by atoms with Crippen LogP contribution < -0.4 is 5.73 Å². The molecule has 2 N–H and O–H groups in total. The van der Waals surface area contributed by atoms with Gasteiger partial charge in [-0.25, -0.2) is 4.98 Å². The summed E-state index contributed by atoms with van der Waals surface area (Å²) in [6.45, 7) is 0.673. The molecule has 0 radical (unpaired) electrons. The Kier molecular flexibility index (Phi) is 3.81. The van der Waals surface area contributed by atoms with Crippen LogP contribution >= 0.6 is 34.5 Å². The average Bonchev–Trinajstić information content (AvgIpc) is 2.81. The Labute approximate surface area is 126 Å². The number of nitrogens with zero attached hydrogens (tertiary/aromatic N) is 1. The maximum Gasteiger partial charge on any atom is 0.123 e. The maximum absolute atomic E-state index is 6.06. The second-order valence-corrected chi connectivity index (χ2v) is 6.77. The molecule has 1 aromatic heterocycles. The Hall–Kier alpha value is -0.610. The van der Waals surface area contributed by atoms with Crippen molar-refractivity contribution in [2.24, 2.45) is 5.73 Å².